The number of nitrogens with zero attached hydrogens (tertiary/aromatic N) is 1. The predicted octanol–water partition coefficient (Wildman–Crippen LogP) is 3.53. The molecule has 0 aliphatic rings. The van der Waals surface area contributed by atoms with Crippen LogP contribution in [0.25, 0.3) is 10.6 Å². The van der Waals surface area contributed by atoms with Crippen LogP contribution in [0.15, 0.2) is 18.2 Å². The van der Waals surface area contributed by atoms with Crippen LogP contribution < -0.4 is 0 Å². The molecule has 0 aliphatic carbocycles. The maximum absolute atomic E-state index is 13.1. The number of aromatic nitrogens is 1. The largest absolute Gasteiger partial charge is 0.465 e. The van der Waals surface area contributed by atoms with E-state index >= 15 is 0 Å². The van der Waals surface area contributed by atoms with Gasteiger partial charge in [0, 0.05) is 11.6 Å². The van der Waals surface area contributed by atoms with E-state index in [0.29, 0.717) is 0 Å². The molecule has 1 aromatic carbocycles. The number of ether oxygens (including phenoxy) is 1. The van der Waals surface area contributed by atoms with Crippen LogP contribution in [0.3, 0.4) is 0 Å². The maximum Gasteiger partial charge on any atom is 0.351 e. The highest BCUT2D eigenvalue weighted by Gasteiger charge is 2.18. The molecule has 0 radical (unpaired) electrons. The summed E-state index contributed by atoms with van der Waals surface area (Å²) in [5, 5.41) is 0.199. The fourth-order valence-corrected chi connectivity index (χ4v) is 2.51. The molecule has 0 fully saturated rings. The van der Waals surface area contributed by atoms with E-state index in [2.05, 4.69) is 9.72 Å². The van der Waals surface area contributed by atoms with Crippen molar-refractivity contribution >= 4 is 28.9 Å². The lowest BCUT2D eigenvalue weighted by Crippen LogP contribution is -1.98. The molecule has 0 saturated heterocycles. The van der Waals surface area contributed by atoms with Gasteiger partial charge < -0.3 is 4.74 Å². The quantitative estimate of drug-likeness (QED) is 0.794. The Hall–Kier alpha value is -1.53. The van der Waals surface area contributed by atoms with E-state index in [1.165, 1.54) is 7.11 Å². The van der Waals surface area contributed by atoms with Crippen LogP contribution in [0.4, 0.5) is 8.78 Å². The van der Waals surface area contributed by atoms with E-state index in [4.69, 9.17) is 11.6 Å². The highest BCUT2D eigenvalue weighted by atomic mass is 35.5. The van der Waals surface area contributed by atoms with Crippen LogP contribution in [-0.4, -0.2) is 18.1 Å². The zero-order valence-corrected chi connectivity index (χ0v) is 10.6. The monoisotopic (exact) mass is 289 g/mol. The molecule has 0 atom stereocenters. The molecule has 0 bridgehead atoms. The first-order valence-electron chi connectivity index (χ1n) is 4.72. The first kappa shape index (κ1) is 12.9. The Balaban J connectivity index is 2.48. The molecule has 3 nitrogen and oxygen atoms in total. The van der Waals surface area contributed by atoms with Crippen LogP contribution in [0, 0.1) is 11.6 Å². The summed E-state index contributed by atoms with van der Waals surface area (Å²) in [7, 11) is 1.21. The average Bonchev–Trinajstić information content (AvgIpc) is 2.69. The van der Waals surface area contributed by atoms with Gasteiger partial charge in [0.25, 0.3) is 0 Å². The summed E-state index contributed by atoms with van der Waals surface area (Å²) in [6.07, 6.45) is 0. The molecule has 0 N–H and O–H groups in total. The number of hydrogen-bond donors (Lipinski definition) is 0. The van der Waals surface area contributed by atoms with Crippen molar-refractivity contribution in [3.8, 4) is 10.6 Å². The summed E-state index contributed by atoms with van der Waals surface area (Å²) in [4.78, 5) is 15.3. The van der Waals surface area contributed by atoms with E-state index < -0.39 is 17.6 Å². The van der Waals surface area contributed by atoms with Gasteiger partial charge in [0.05, 0.1) is 7.11 Å². The summed E-state index contributed by atoms with van der Waals surface area (Å²) in [6.45, 7) is 0. The Morgan fingerprint density at radius 1 is 1.33 bits per heavy atom. The second-order valence-electron chi connectivity index (χ2n) is 3.29. The van der Waals surface area contributed by atoms with Gasteiger partial charge in [-0.3, -0.25) is 0 Å². The smallest absolute Gasteiger partial charge is 0.351 e. The average molecular weight is 290 g/mol. The van der Waals surface area contributed by atoms with Crippen molar-refractivity contribution in [2.45, 2.75) is 0 Å². The number of carbonyl (C=O) groups is 1. The molecule has 0 spiro atoms. The molecule has 7 heteroatoms. The fourth-order valence-electron chi connectivity index (χ4n) is 1.32. The highest BCUT2D eigenvalue weighted by molar-refractivity contribution is 7.17. The molecule has 94 valence electrons. The first-order valence-corrected chi connectivity index (χ1v) is 5.92. The lowest BCUT2D eigenvalue weighted by atomic mass is 10.2. The lowest BCUT2D eigenvalue weighted by molar-refractivity contribution is 0.0606. The molecule has 1 heterocycles. The van der Waals surface area contributed by atoms with Gasteiger partial charge in [-0.25, -0.2) is 18.6 Å². The van der Waals surface area contributed by atoms with E-state index in [0.717, 1.165) is 29.5 Å². The van der Waals surface area contributed by atoms with Gasteiger partial charge >= 0.3 is 5.97 Å². The Morgan fingerprint density at radius 2 is 1.94 bits per heavy atom. The normalized spacial score (nSPS) is 10.4. The van der Waals surface area contributed by atoms with Crippen molar-refractivity contribution in [1.82, 2.24) is 4.98 Å². The minimum absolute atomic E-state index is 0.0495. The van der Waals surface area contributed by atoms with Crippen LogP contribution in [0.5, 0.6) is 0 Å². The van der Waals surface area contributed by atoms with Crippen LogP contribution >= 0.6 is 22.9 Å². The minimum Gasteiger partial charge on any atom is -0.465 e. The summed E-state index contributed by atoms with van der Waals surface area (Å²) in [5.41, 5.74) is 0.217. The molecular weight excluding hydrogens is 284 g/mol. The van der Waals surface area contributed by atoms with E-state index in [1.54, 1.807) is 0 Å². The zero-order valence-electron chi connectivity index (χ0n) is 9.04. The molecule has 0 unspecified atom stereocenters. The van der Waals surface area contributed by atoms with E-state index in [-0.39, 0.29) is 20.6 Å². The lowest BCUT2D eigenvalue weighted by Gasteiger charge is -1.97. The molecule has 0 aliphatic heterocycles. The Kier molecular flexibility index (Phi) is 3.58. The maximum atomic E-state index is 13.1. The molecule has 2 aromatic rings. The second-order valence-corrected chi connectivity index (χ2v) is 4.65. The number of methoxy groups -OCH3 is 1. The summed E-state index contributed by atoms with van der Waals surface area (Å²) in [6, 6.07) is 2.97. The standard InChI is InChI=1S/C11H6ClF2NO2S/c1-17-11(16)8-9(12)15-10(18-8)5-2-6(13)4-7(14)3-5/h2-4H,1H3. The van der Waals surface area contributed by atoms with Crippen LogP contribution in [0.2, 0.25) is 5.15 Å². The van der Waals surface area contributed by atoms with Crippen molar-refractivity contribution < 1.29 is 18.3 Å². The fraction of sp³-hybridized carbons (Fsp3) is 0.0909. The van der Waals surface area contributed by atoms with Crippen molar-refractivity contribution in [3.63, 3.8) is 0 Å². The molecule has 2 rings (SSSR count). The van der Waals surface area contributed by atoms with Crippen LogP contribution in [0.1, 0.15) is 9.67 Å². The van der Waals surface area contributed by atoms with Gasteiger partial charge in [-0.05, 0) is 12.1 Å². The molecule has 0 saturated carbocycles. The van der Waals surface area contributed by atoms with Crippen molar-refractivity contribution in [1.29, 1.82) is 0 Å². The Labute approximate surface area is 110 Å². The summed E-state index contributed by atoms with van der Waals surface area (Å²) in [5.74, 6) is -2.09. The van der Waals surface area contributed by atoms with Gasteiger partial charge in [-0.15, -0.1) is 11.3 Å². The van der Waals surface area contributed by atoms with Crippen molar-refractivity contribution in [2.24, 2.45) is 0 Å². The number of rotatable bonds is 2. The van der Waals surface area contributed by atoms with E-state index in [1.807, 2.05) is 0 Å². The number of benzene rings is 1. The third-order valence-corrected chi connectivity index (χ3v) is 3.54. The number of carbonyl (C=O) groups excluding carboxylic acids is 1. The molecular formula is C11H6ClF2NO2S. The van der Waals surface area contributed by atoms with Crippen molar-refractivity contribution in [3.05, 3.63) is 39.9 Å². The van der Waals surface area contributed by atoms with Crippen LogP contribution in [-0.2, 0) is 4.74 Å². The minimum atomic E-state index is -0.726. The van der Waals surface area contributed by atoms with Gasteiger partial charge in [0.15, 0.2) is 10.0 Å². The SMILES string of the molecule is COC(=O)c1sc(-c2cc(F)cc(F)c2)nc1Cl. The molecule has 18 heavy (non-hydrogen) atoms. The third kappa shape index (κ3) is 2.49. The predicted molar refractivity (Wildman–Crippen MR) is 63.8 cm³/mol. The highest BCUT2D eigenvalue weighted by Crippen LogP contribution is 2.32. The van der Waals surface area contributed by atoms with Gasteiger partial charge in [0.2, 0.25) is 0 Å². The number of hydrogen-bond acceptors (Lipinski definition) is 4. The Morgan fingerprint density at radius 3 is 2.50 bits per heavy atom. The Bertz CT molecular complexity index is 595. The first-order chi connectivity index (χ1) is 8.51. The van der Waals surface area contributed by atoms with Crippen molar-refractivity contribution in [2.75, 3.05) is 7.11 Å². The topological polar surface area (TPSA) is 39.2 Å². The zero-order chi connectivity index (χ0) is 13.3. The van der Waals surface area contributed by atoms with E-state index in [9.17, 15) is 13.6 Å². The third-order valence-electron chi connectivity index (χ3n) is 2.07. The molecule has 0 amide bonds. The van der Waals surface area contributed by atoms with Gasteiger partial charge in [0.1, 0.15) is 16.6 Å². The number of halogens is 3. The van der Waals surface area contributed by atoms with Gasteiger partial charge in [-0.1, -0.05) is 11.6 Å². The summed E-state index contributed by atoms with van der Waals surface area (Å²) >= 11 is 6.67. The number of thiazole rings is 1. The second kappa shape index (κ2) is 4.99. The molecule has 1 aromatic heterocycles. The summed E-state index contributed by atoms with van der Waals surface area (Å²) < 4.78 is 30.6. The number of esters is 1. The van der Waals surface area contributed by atoms with Gasteiger partial charge in [-0.2, -0.15) is 0 Å².